The van der Waals surface area contributed by atoms with Gasteiger partial charge in [-0.2, -0.15) is 5.26 Å². The van der Waals surface area contributed by atoms with Crippen LogP contribution >= 0.6 is 0 Å². The highest BCUT2D eigenvalue weighted by Crippen LogP contribution is 2.22. The Kier molecular flexibility index (Phi) is 12.5. The number of imidazole rings is 1. The lowest BCUT2D eigenvalue weighted by molar-refractivity contribution is -0.152. The number of carbonyl (C=O) groups excluding carboxylic acids is 2. The van der Waals surface area contributed by atoms with Crippen LogP contribution in [0.2, 0.25) is 0 Å². The van der Waals surface area contributed by atoms with Crippen LogP contribution in [0.5, 0.6) is 0 Å². The van der Waals surface area contributed by atoms with Crippen molar-refractivity contribution in [3.8, 4) is 6.19 Å². The van der Waals surface area contributed by atoms with E-state index in [1.54, 1.807) is 6.19 Å². The van der Waals surface area contributed by atoms with Crippen molar-refractivity contribution in [1.82, 2.24) is 19.8 Å². The third-order valence-electron chi connectivity index (χ3n) is 6.76. The molecule has 2 atom stereocenters. The molecule has 1 aliphatic heterocycles. The number of esters is 1. The minimum atomic E-state index is -0.797. The van der Waals surface area contributed by atoms with Gasteiger partial charge in [-0.3, -0.25) is 19.8 Å². The van der Waals surface area contributed by atoms with E-state index in [1.807, 2.05) is 19.1 Å². The molecule has 204 valence electrons. The number of aromatic nitrogens is 2. The van der Waals surface area contributed by atoms with E-state index in [0.717, 1.165) is 28.2 Å². The molecular weight excluding hydrogens is 468 g/mol. The summed E-state index contributed by atoms with van der Waals surface area (Å²) in [5.74, 6) is -0.328. The number of unbranched alkanes of at least 4 members (excludes halogenated alkanes) is 1. The Morgan fingerprint density at radius 1 is 1.16 bits per heavy atom. The van der Waals surface area contributed by atoms with Crippen molar-refractivity contribution in [2.75, 3.05) is 38.5 Å². The first-order chi connectivity index (χ1) is 17.7. The summed E-state index contributed by atoms with van der Waals surface area (Å²) in [6.07, 6.45) is 8.18. The molecule has 0 amide bonds. The Morgan fingerprint density at radius 2 is 1.86 bits per heavy atom. The fourth-order valence-corrected chi connectivity index (χ4v) is 4.75. The number of likely N-dealkylation sites (N-methyl/N-ethyl adjacent to an activating group) is 1. The number of Topliss-reactive ketones (excluding diaryl/α,β-unsaturated/α-hetero) is 1. The lowest BCUT2D eigenvalue weighted by atomic mass is 10.0. The Labute approximate surface area is 221 Å². The van der Waals surface area contributed by atoms with Gasteiger partial charge >= 0.3 is 5.97 Å². The number of ether oxygens (including phenoxy) is 1. The summed E-state index contributed by atoms with van der Waals surface area (Å²) in [5, 5.41) is 11.1. The lowest BCUT2D eigenvalue weighted by Gasteiger charge is -2.38. The van der Waals surface area contributed by atoms with E-state index in [4.69, 9.17) is 10.00 Å². The molecular formula is C28H44N6O3. The first kappa shape index (κ1) is 30.3. The smallest absolute Gasteiger partial charge is 0.303 e. The average Bonchev–Trinajstić information content (AvgIpc) is 3.25. The number of piperazine rings is 1. The van der Waals surface area contributed by atoms with Gasteiger partial charge in [0, 0.05) is 45.6 Å². The Morgan fingerprint density at radius 3 is 2.43 bits per heavy atom. The van der Waals surface area contributed by atoms with Crippen LogP contribution in [0.25, 0.3) is 11.0 Å². The third kappa shape index (κ3) is 9.78. The predicted molar refractivity (Wildman–Crippen MR) is 147 cm³/mol. The molecule has 1 saturated heterocycles. The van der Waals surface area contributed by atoms with Crippen LogP contribution in [0.3, 0.4) is 0 Å². The van der Waals surface area contributed by atoms with Crippen LogP contribution in [0.15, 0.2) is 12.1 Å². The largest absolute Gasteiger partial charge is 0.454 e. The van der Waals surface area contributed by atoms with Crippen molar-refractivity contribution in [3.63, 3.8) is 0 Å². The number of ketones is 1. The van der Waals surface area contributed by atoms with Crippen molar-refractivity contribution in [1.29, 1.82) is 5.26 Å². The van der Waals surface area contributed by atoms with Crippen molar-refractivity contribution < 1.29 is 14.3 Å². The van der Waals surface area contributed by atoms with E-state index in [1.165, 1.54) is 72.1 Å². The minimum Gasteiger partial charge on any atom is -0.454 e. The number of anilines is 1. The van der Waals surface area contributed by atoms with Crippen molar-refractivity contribution in [2.45, 2.75) is 85.3 Å². The number of hydrogen-bond acceptors (Lipinski definition) is 8. The van der Waals surface area contributed by atoms with E-state index in [2.05, 4.69) is 46.0 Å². The summed E-state index contributed by atoms with van der Waals surface area (Å²) in [4.78, 5) is 35.1. The van der Waals surface area contributed by atoms with E-state index in [9.17, 15) is 9.59 Å². The molecule has 0 radical (unpaired) electrons. The number of H-pyrrole nitrogens is 1. The SMILES string of the molecule is CC(=O)O[C@H](Cc1cc(C)c2nc(NC#N)[nH]c2c1)C(C)=O.CCCCC(CCC)N1CCN(C)CC1. The van der Waals surface area contributed by atoms with Crippen LogP contribution in [-0.2, 0) is 20.7 Å². The number of carbonyl (C=O) groups is 2. The standard InChI is InChI=1S/C15H16N4O3.C13H28N2/c1-8-4-11(6-13(9(2)20)22-10(3)21)5-12-14(8)19-15(18-12)17-7-16;1-4-6-8-13(7-5-2)15-11-9-14(3)10-12-15/h4-5,13H,6H2,1-3H3,(H2,17,18,19);13H,4-12H2,1-3H3/t13-;/m1./s1. The van der Waals surface area contributed by atoms with Crippen molar-refractivity contribution in [3.05, 3.63) is 23.3 Å². The van der Waals surface area contributed by atoms with E-state index < -0.39 is 12.1 Å². The monoisotopic (exact) mass is 512 g/mol. The highest BCUT2D eigenvalue weighted by atomic mass is 16.5. The van der Waals surface area contributed by atoms with Gasteiger partial charge in [0.05, 0.1) is 11.0 Å². The number of rotatable bonds is 11. The topological polar surface area (TPSA) is 114 Å². The van der Waals surface area contributed by atoms with E-state index in [0.29, 0.717) is 12.4 Å². The zero-order valence-electron chi connectivity index (χ0n) is 23.4. The molecule has 1 fully saturated rings. The zero-order valence-corrected chi connectivity index (χ0v) is 23.4. The fraction of sp³-hybridized carbons (Fsp3) is 0.643. The van der Waals surface area contributed by atoms with Gasteiger partial charge in [0.2, 0.25) is 5.95 Å². The maximum Gasteiger partial charge on any atom is 0.303 e. The van der Waals surface area contributed by atoms with Crippen LogP contribution in [-0.4, -0.2) is 76.9 Å². The molecule has 37 heavy (non-hydrogen) atoms. The second-order valence-electron chi connectivity index (χ2n) is 9.97. The Hall–Kier alpha value is -2.96. The molecule has 1 aromatic carbocycles. The van der Waals surface area contributed by atoms with Crippen LogP contribution < -0.4 is 5.32 Å². The van der Waals surface area contributed by atoms with Gasteiger partial charge in [-0.15, -0.1) is 0 Å². The Bertz CT molecular complexity index is 1050. The van der Waals surface area contributed by atoms with Crippen molar-refractivity contribution in [2.24, 2.45) is 0 Å². The quantitative estimate of drug-likeness (QED) is 0.258. The molecule has 9 nitrogen and oxygen atoms in total. The van der Waals surface area contributed by atoms with Gasteiger partial charge in [0.1, 0.15) is 0 Å². The maximum atomic E-state index is 11.6. The minimum absolute atomic E-state index is 0.204. The number of nitriles is 1. The normalized spacial score (nSPS) is 15.8. The molecule has 0 spiro atoms. The average molecular weight is 513 g/mol. The molecule has 2 aromatic rings. The molecule has 1 unspecified atom stereocenters. The highest BCUT2D eigenvalue weighted by Gasteiger charge is 2.21. The number of nitrogens with one attached hydrogen (secondary N) is 2. The second kappa shape index (κ2) is 15.3. The van der Waals surface area contributed by atoms with Gasteiger partial charge in [-0.25, -0.2) is 4.98 Å². The van der Waals surface area contributed by atoms with E-state index >= 15 is 0 Å². The van der Waals surface area contributed by atoms with Gasteiger partial charge in [0.25, 0.3) is 0 Å². The van der Waals surface area contributed by atoms with Gasteiger partial charge < -0.3 is 14.6 Å². The number of aryl methyl sites for hydroxylation is 1. The first-order valence-corrected chi connectivity index (χ1v) is 13.4. The number of benzene rings is 1. The molecule has 0 aliphatic carbocycles. The summed E-state index contributed by atoms with van der Waals surface area (Å²) < 4.78 is 5.04. The highest BCUT2D eigenvalue weighted by molar-refractivity contribution is 5.84. The molecule has 9 heteroatoms. The zero-order chi connectivity index (χ0) is 27.4. The molecule has 2 N–H and O–H groups in total. The summed E-state index contributed by atoms with van der Waals surface area (Å²) in [6.45, 7) is 14.2. The molecule has 0 bridgehead atoms. The van der Waals surface area contributed by atoms with Gasteiger partial charge in [-0.1, -0.05) is 39.2 Å². The fourth-order valence-electron chi connectivity index (χ4n) is 4.75. The van der Waals surface area contributed by atoms with Gasteiger partial charge in [-0.05, 0) is 50.9 Å². The number of fused-ring (bicyclic) bond motifs is 1. The van der Waals surface area contributed by atoms with Gasteiger partial charge in [0.15, 0.2) is 18.1 Å². The maximum absolute atomic E-state index is 11.6. The number of nitrogens with zero attached hydrogens (tertiary/aromatic N) is 4. The van der Waals surface area contributed by atoms with E-state index in [-0.39, 0.29) is 5.78 Å². The summed E-state index contributed by atoms with van der Waals surface area (Å²) in [7, 11) is 2.23. The second-order valence-corrected chi connectivity index (χ2v) is 9.97. The summed E-state index contributed by atoms with van der Waals surface area (Å²) in [6, 6.07) is 4.58. The Balaban J connectivity index is 0.000000281. The van der Waals surface area contributed by atoms with Crippen LogP contribution in [0, 0.1) is 18.4 Å². The predicted octanol–water partition coefficient (Wildman–Crippen LogP) is 4.42. The van der Waals surface area contributed by atoms with Crippen LogP contribution in [0.4, 0.5) is 5.95 Å². The molecule has 0 saturated carbocycles. The molecule has 2 heterocycles. The lowest BCUT2D eigenvalue weighted by Crippen LogP contribution is -2.48. The van der Waals surface area contributed by atoms with Crippen molar-refractivity contribution >= 4 is 28.7 Å². The third-order valence-corrected chi connectivity index (χ3v) is 6.76. The number of hydrogen-bond donors (Lipinski definition) is 2. The first-order valence-electron chi connectivity index (χ1n) is 13.4. The van der Waals surface area contributed by atoms with Crippen LogP contribution in [0.1, 0.15) is 70.9 Å². The molecule has 1 aromatic heterocycles. The summed E-state index contributed by atoms with van der Waals surface area (Å²) >= 11 is 0. The molecule has 1 aliphatic rings. The summed E-state index contributed by atoms with van der Waals surface area (Å²) in [5.41, 5.74) is 3.24. The number of aromatic amines is 1. The molecule has 3 rings (SSSR count).